The van der Waals surface area contributed by atoms with Crippen LogP contribution in [0.4, 0.5) is 0 Å². The summed E-state index contributed by atoms with van der Waals surface area (Å²) in [7, 11) is 0. The van der Waals surface area contributed by atoms with Crippen LogP contribution in [0.1, 0.15) is 49.8 Å². The molecular formula is C19H30N2. The first-order valence-corrected chi connectivity index (χ1v) is 8.79. The third kappa shape index (κ3) is 3.49. The maximum atomic E-state index is 3.69. The van der Waals surface area contributed by atoms with Crippen molar-refractivity contribution in [2.45, 2.75) is 45.6 Å². The van der Waals surface area contributed by atoms with E-state index in [9.17, 15) is 0 Å². The highest BCUT2D eigenvalue weighted by Gasteiger charge is 2.35. The maximum Gasteiger partial charge on any atom is 0.0334 e. The van der Waals surface area contributed by atoms with Crippen LogP contribution in [0.3, 0.4) is 0 Å². The molecule has 0 radical (unpaired) electrons. The van der Waals surface area contributed by atoms with Crippen LogP contribution in [0.5, 0.6) is 0 Å². The molecule has 1 saturated heterocycles. The predicted molar refractivity (Wildman–Crippen MR) is 89.5 cm³/mol. The molecule has 2 heteroatoms. The van der Waals surface area contributed by atoms with E-state index in [1.54, 1.807) is 0 Å². The first-order chi connectivity index (χ1) is 10.3. The molecule has 1 aromatic rings. The number of benzene rings is 1. The Morgan fingerprint density at radius 3 is 2.57 bits per heavy atom. The zero-order valence-corrected chi connectivity index (χ0v) is 13.6. The van der Waals surface area contributed by atoms with Gasteiger partial charge in [0.2, 0.25) is 0 Å². The molecule has 0 amide bonds. The highest BCUT2D eigenvalue weighted by molar-refractivity contribution is 5.28. The first kappa shape index (κ1) is 15.1. The Morgan fingerprint density at radius 2 is 1.90 bits per heavy atom. The molecule has 1 heterocycles. The van der Waals surface area contributed by atoms with Gasteiger partial charge in [-0.05, 0) is 62.2 Å². The summed E-state index contributed by atoms with van der Waals surface area (Å²) in [6.07, 6.45) is 5.68. The summed E-state index contributed by atoms with van der Waals surface area (Å²) in [6.45, 7) is 9.46. The van der Waals surface area contributed by atoms with Gasteiger partial charge in [-0.15, -0.1) is 0 Å². The molecule has 1 aromatic carbocycles. The average Bonchev–Trinajstić information content (AvgIpc) is 3.05. The minimum atomic E-state index is 0.511. The molecular weight excluding hydrogens is 256 g/mol. The molecule has 3 unspecified atom stereocenters. The van der Waals surface area contributed by atoms with Crippen molar-refractivity contribution in [3.63, 3.8) is 0 Å². The summed E-state index contributed by atoms with van der Waals surface area (Å²) in [5, 5.41) is 3.69. The van der Waals surface area contributed by atoms with Crippen LogP contribution >= 0.6 is 0 Å². The predicted octanol–water partition coefficient (Wildman–Crippen LogP) is 3.77. The van der Waals surface area contributed by atoms with Gasteiger partial charge in [0, 0.05) is 19.1 Å². The second kappa shape index (κ2) is 6.93. The van der Waals surface area contributed by atoms with E-state index in [-0.39, 0.29) is 0 Å². The van der Waals surface area contributed by atoms with Gasteiger partial charge >= 0.3 is 0 Å². The Hall–Kier alpha value is -0.860. The van der Waals surface area contributed by atoms with Crippen molar-refractivity contribution < 1.29 is 0 Å². The van der Waals surface area contributed by atoms with Crippen LogP contribution in [-0.4, -0.2) is 31.1 Å². The van der Waals surface area contributed by atoms with Gasteiger partial charge in [0.1, 0.15) is 0 Å². The first-order valence-electron chi connectivity index (χ1n) is 8.79. The lowest BCUT2D eigenvalue weighted by atomic mass is 9.98. The van der Waals surface area contributed by atoms with E-state index in [1.165, 1.54) is 56.4 Å². The molecule has 1 N–H and O–H groups in total. The molecule has 2 aliphatic rings. The smallest absolute Gasteiger partial charge is 0.0334 e. The lowest BCUT2D eigenvalue weighted by Gasteiger charge is -2.24. The van der Waals surface area contributed by atoms with Gasteiger partial charge in [0.15, 0.2) is 0 Å². The Bertz CT molecular complexity index is 445. The summed E-state index contributed by atoms with van der Waals surface area (Å²) in [4.78, 5) is 2.72. The van der Waals surface area contributed by atoms with Gasteiger partial charge in [-0.2, -0.15) is 0 Å². The van der Waals surface area contributed by atoms with Crippen LogP contribution in [0.2, 0.25) is 0 Å². The molecule has 1 aliphatic carbocycles. The third-order valence-electron chi connectivity index (χ3n) is 5.55. The van der Waals surface area contributed by atoms with Crippen LogP contribution in [0, 0.1) is 18.8 Å². The quantitative estimate of drug-likeness (QED) is 0.856. The molecule has 2 fully saturated rings. The molecule has 0 spiro atoms. The Balaban J connectivity index is 1.57. The Labute approximate surface area is 129 Å². The van der Waals surface area contributed by atoms with E-state index in [0.29, 0.717) is 6.04 Å². The van der Waals surface area contributed by atoms with Crippen LogP contribution in [0.15, 0.2) is 24.3 Å². The number of nitrogens with one attached hydrogen (secondary N) is 1. The normalized spacial score (nSPS) is 27.0. The minimum absolute atomic E-state index is 0.511. The fraction of sp³-hybridized carbons (Fsp3) is 0.684. The number of rotatable bonds is 6. The lowest BCUT2D eigenvalue weighted by molar-refractivity contribution is 0.289. The fourth-order valence-electron chi connectivity index (χ4n) is 4.42. The number of aryl methyl sites for hydroxylation is 1. The highest BCUT2D eigenvalue weighted by Crippen LogP contribution is 2.38. The van der Waals surface area contributed by atoms with Crippen molar-refractivity contribution in [1.29, 1.82) is 0 Å². The van der Waals surface area contributed by atoms with E-state index in [2.05, 4.69) is 48.3 Å². The van der Waals surface area contributed by atoms with E-state index >= 15 is 0 Å². The van der Waals surface area contributed by atoms with Crippen LogP contribution < -0.4 is 5.32 Å². The summed E-state index contributed by atoms with van der Waals surface area (Å²) >= 11 is 0. The average molecular weight is 286 g/mol. The number of likely N-dealkylation sites (tertiary alicyclic amines) is 1. The largest absolute Gasteiger partial charge is 0.310 e. The Morgan fingerprint density at radius 1 is 1.19 bits per heavy atom. The SMILES string of the molecule is CCNC(CCN1CC2CCCC2C1)c1ccccc1C. The van der Waals surface area contributed by atoms with Gasteiger partial charge in [-0.25, -0.2) is 0 Å². The molecule has 0 aromatic heterocycles. The molecule has 3 atom stereocenters. The van der Waals surface area contributed by atoms with Crippen molar-refractivity contribution in [2.75, 3.05) is 26.2 Å². The zero-order valence-electron chi connectivity index (χ0n) is 13.6. The van der Waals surface area contributed by atoms with Gasteiger partial charge in [0.25, 0.3) is 0 Å². The van der Waals surface area contributed by atoms with Crippen molar-refractivity contribution in [2.24, 2.45) is 11.8 Å². The van der Waals surface area contributed by atoms with E-state index in [0.717, 1.165) is 18.4 Å². The van der Waals surface area contributed by atoms with Crippen LogP contribution in [-0.2, 0) is 0 Å². The number of fused-ring (bicyclic) bond motifs is 1. The zero-order chi connectivity index (χ0) is 14.7. The van der Waals surface area contributed by atoms with Crippen LogP contribution in [0.25, 0.3) is 0 Å². The second-order valence-electron chi connectivity index (χ2n) is 6.97. The minimum Gasteiger partial charge on any atom is -0.310 e. The molecule has 1 aliphatic heterocycles. The molecule has 116 valence electrons. The second-order valence-corrected chi connectivity index (χ2v) is 6.97. The number of hydrogen-bond donors (Lipinski definition) is 1. The van der Waals surface area contributed by atoms with Crippen molar-refractivity contribution in [3.8, 4) is 0 Å². The molecule has 0 bridgehead atoms. The van der Waals surface area contributed by atoms with Crippen molar-refractivity contribution in [1.82, 2.24) is 10.2 Å². The fourth-order valence-corrected chi connectivity index (χ4v) is 4.42. The van der Waals surface area contributed by atoms with E-state index < -0.39 is 0 Å². The summed E-state index contributed by atoms with van der Waals surface area (Å²) in [5.74, 6) is 2.03. The molecule has 21 heavy (non-hydrogen) atoms. The van der Waals surface area contributed by atoms with Crippen molar-refractivity contribution in [3.05, 3.63) is 35.4 Å². The van der Waals surface area contributed by atoms with Gasteiger partial charge in [-0.3, -0.25) is 0 Å². The topological polar surface area (TPSA) is 15.3 Å². The van der Waals surface area contributed by atoms with Gasteiger partial charge in [-0.1, -0.05) is 37.6 Å². The molecule has 3 rings (SSSR count). The Kier molecular flexibility index (Phi) is 4.97. The van der Waals surface area contributed by atoms with E-state index in [4.69, 9.17) is 0 Å². The summed E-state index contributed by atoms with van der Waals surface area (Å²) < 4.78 is 0. The third-order valence-corrected chi connectivity index (χ3v) is 5.55. The van der Waals surface area contributed by atoms with Crippen molar-refractivity contribution >= 4 is 0 Å². The van der Waals surface area contributed by atoms with E-state index in [1.807, 2.05) is 0 Å². The summed E-state index contributed by atoms with van der Waals surface area (Å²) in [6, 6.07) is 9.36. The molecule has 2 nitrogen and oxygen atoms in total. The monoisotopic (exact) mass is 286 g/mol. The number of nitrogens with zero attached hydrogens (tertiary/aromatic N) is 1. The lowest BCUT2D eigenvalue weighted by Crippen LogP contribution is -2.29. The van der Waals surface area contributed by atoms with Gasteiger partial charge in [0.05, 0.1) is 0 Å². The summed E-state index contributed by atoms with van der Waals surface area (Å²) in [5.41, 5.74) is 2.90. The standard InChI is InChI=1S/C19H30N2/c1-3-20-19(18-10-5-4-7-15(18)2)11-12-21-13-16-8-6-9-17(16)14-21/h4-5,7,10,16-17,19-20H,3,6,8-9,11-14H2,1-2H3. The molecule has 1 saturated carbocycles. The highest BCUT2D eigenvalue weighted by atomic mass is 15.2. The number of hydrogen-bond acceptors (Lipinski definition) is 2. The maximum absolute atomic E-state index is 3.69. The van der Waals surface area contributed by atoms with Gasteiger partial charge < -0.3 is 10.2 Å².